The van der Waals surface area contributed by atoms with Crippen LogP contribution in [0.25, 0.3) is 17.0 Å². The average Bonchev–Trinajstić information content (AvgIpc) is 3.44. The number of hydrogen-bond acceptors (Lipinski definition) is 3. The van der Waals surface area contributed by atoms with Crippen molar-refractivity contribution in [3.8, 4) is 0 Å². The number of fused-ring (bicyclic) bond motifs is 1. The van der Waals surface area contributed by atoms with Gasteiger partial charge in [0.1, 0.15) is 0 Å². The predicted octanol–water partition coefficient (Wildman–Crippen LogP) is 8.59. The van der Waals surface area contributed by atoms with E-state index in [0.717, 1.165) is 69.5 Å². The maximum atomic E-state index is 13.9. The molecule has 6 heteroatoms. The molecule has 0 radical (unpaired) electrons. The summed E-state index contributed by atoms with van der Waals surface area (Å²) >= 11 is 7.60. The van der Waals surface area contributed by atoms with E-state index in [1.54, 1.807) is 0 Å². The van der Waals surface area contributed by atoms with Gasteiger partial charge in [-0.3, -0.25) is 9.69 Å². The van der Waals surface area contributed by atoms with Crippen molar-refractivity contribution in [3.05, 3.63) is 106 Å². The van der Waals surface area contributed by atoms with Gasteiger partial charge in [0.2, 0.25) is 0 Å². The van der Waals surface area contributed by atoms with Gasteiger partial charge in [0, 0.05) is 40.3 Å². The van der Waals surface area contributed by atoms with E-state index in [1.807, 2.05) is 29.2 Å². The molecule has 2 aliphatic rings. The van der Waals surface area contributed by atoms with Crippen molar-refractivity contribution in [3.63, 3.8) is 0 Å². The number of para-hydroxylation sites is 1. The van der Waals surface area contributed by atoms with Gasteiger partial charge in [-0.1, -0.05) is 78.9 Å². The molecule has 0 spiro atoms. The predicted molar refractivity (Wildman–Crippen MR) is 160 cm³/mol. The number of halogens is 1. The van der Waals surface area contributed by atoms with Gasteiger partial charge in [-0.15, -0.1) is 0 Å². The fourth-order valence-electron chi connectivity index (χ4n) is 5.40. The molecule has 1 amide bonds. The van der Waals surface area contributed by atoms with Crippen LogP contribution in [-0.2, 0) is 11.3 Å². The van der Waals surface area contributed by atoms with Crippen LogP contribution in [0.15, 0.2) is 88.9 Å². The van der Waals surface area contributed by atoms with Gasteiger partial charge in [-0.05, 0) is 73.5 Å². The molecule has 6 rings (SSSR count). The topological polar surface area (TPSA) is 37.6 Å². The number of hydrogen-bond donors (Lipinski definition) is 0. The molecule has 0 atom stereocenters. The average molecular weight is 540 g/mol. The van der Waals surface area contributed by atoms with E-state index in [0.29, 0.717) is 0 Å². The van der Waals surface area contributed by atoms with Gasteiger partial charge < -0.3 is 4.57 Å². The van der Waals surface area contributed by atoms with Gasteiger partial charge in [-0.2, -0.15) is 0 Å². The highest BCUT2D eigenvalue weighted by atomic mass is 35.5. The molecule has 1 aliphatic carbocycles. The van der Waals surface area contributed by atoms with Crippen LogP contribution in [0.4, 0.5) is 5.69 Å². The fourth-order valence-corrected chi connectivity index (χ4v) is 6.58. The zero-order chi connectivity index (χ0) is 26.1. The molecular formula is C32H30ClN3OS. The molecule has 4 aromatic rings. The summed E-state index contributed by atoms with van der Waals surface area (Å²) in [5, 5.41) is 2.66. The molecule has 1 aromatic heterocycles. The first-order chi connectivity index (χ1) is 18.5. The number of carbonyl (C=O) groups is 1. The Bertz CT molecular complexity index is 1530. The van der Waals surface area contributed by atoms with Crippen molar-refractivity contribution < 1.29 is 4.79 Å². The first kappa shape index (κ1) is 25.0. The summed E-state index contributed by atoms with van der Waals surface area (Å²) < 4.78 is 2.25. The van der Waals surface area contributed by atoms with E-state index in [9.17, 15) is 4.79 Å². The number of aryl methyl sites for hydroxylation is 1. The van der Waals surface area contributed by atoms with Gasteiger partial charge in [0.25, 0.3) is 5.91 Å². The monoisotopic (exact) mass is 539 g/mol. The lowest BCUT2D eigenvalue weighted by Gasteiger charge is -2.30. The summed E-state index contributed by atoms with van der Waals surface area (Å²) in [6.07, 6.45) is 9.84. The molecule has 4 nitrogen and oxygen atoms in total. The van der Waals surface area contributed by atoms with E-state index in [4.69, 9.17) is 16.6 Å². The third-order valence-electron chi connectivity index (χ3n) is 7.41. The maximum absolute atomic E-state index is 13.9. The van der Waals surface area contributed by atoms with E-state index in [2.05, 4.69) is 72.3 Å². The molecule has 38 heavy (non-hydrogen) atoms. The normalized spacial score (nSPS) is 18.8. The Morgan fingerprint density at radius 2 is 1.71 bits per heavy atom. The van der Waals surface area contributed by atoms with Crippen LogP contribution >= 0.6 is 23.4 Å². The molecule has 1 saturated heterocycles. The standard InChI is InChI=1S/C32H30ClN3OS/c1-22-11-17-26(18-12-22)34-32-36(27-7-3-2-4-8-27)31(37)30(38-32)19-24-21-35(29-10-6-5-9-28(24)29)20-23-13-15-25(33)16-14-23/h5-6,9-19,21,27H,2-4,7-8,20H2,1H3/b30-19+,34-32?. The number of rotatable bonds is 5. The number of benzene rings is 3. The molecule has 1 saturated carbocycles. The van der Waals surface area contributed by atoms with Crippen LogP contribution < -0.4 is 0 Å². The molecule has 3 aromatic carbocycles. The summed E-state index contributed by atoms with van der Waals surface area (Å²) in [4.78, 5) is 21.5. The molecule has 2 fully saturated rings. The molecule has 2 heterocycles. The molecule has 1 aliphatic heterocycles. The van der Waals surface area contributed by atoms with E-state index < -0.39 is 0 Å². The third kappa shape index (κ3) is 5.18. The summed E-state index contributed by atoms with van der Waals surface area (Å²) in [5.74, 6) is 0.0716. The molecule has 0 N–H and O–H groups in total. The number of aliphatic imine (C=N–C) groups is 1. The highest BCUT2D eigenvalue weighted by Gasteiger charge is 2.38. The lowest BCUT2D eigenvalue weighted by atomic mass is 9.94. The highest BCUT2D eigenvalue weighted by molar-refractivity contribution is 8.18. The van der Waals surface area contributed by atoms with Crippen LogP contribution in [0.1, 0.15) is 48.8 Å². The number of aromatic nitrogens is 1. The Morgan fingerprint density at radius 1 is 0.974 bits per heavy atom. The molecule has 0 unspecified atom stereocenters. The Balaban J connectivity index is 1.38. The molecule has 192 valence electrons. The number of carbonyl (C=O) groups excluding carboxylic acids is 1. The van der Waals surface area contributed by atoms with Crippen molar-refractivity contribution in [1.82, 2.24) is 9.47 Å². The van der Waals surface area contributed by atoms with E-state index in [-0.39, 0.29) is 11.9 Å². The van der Waals surface area contributed by atoms with E-state index >= 15 is 0 Å². The van der Waals surface area contributed by atoms with Crippen LogP contribution in [0, 0.1) is 6.92 Å². The van der Waals surface area contributed by atoms with Gasteiger partial charge in [0.05, 0.1) is 10.6 Å². The second-order valence-electron chi connectivity index (χ2n) is 10.2. The van der Waals surface area contributed by atoms with Crippen LogP contribution in [0.5, 0.6) is 0 Å². The van der Waals surface area contributed by atoms with Crippen molar-refractivity contribution in [1.29, 1.82) is 0 Å². The van der Waals surface area contributed by atoms with Crippen molar-refractivity contribution >= 4 is 57.1 Å². The summed E-state index contributed by atoms with van der Waals surface area (Å²) in [5.41, 5.74) is 5.45. The minimum absolute atomic E-state index is 0.0716. The van der Waals surface area contributed by atoms with Crippen molar-refractivity contribution in [2.24, 2.45) is 4.99 Å². The minimum atomic E-state index is 0.0716. The highest BCUT2D eigenvalue weighted by Crippen LogP contribution is 2.39. The maximum Gasteiger partial charge on any atom is 0.267 e. The first-order valence-electron chi connectivity index (χ1n) is 13.3. The summed E-state index contributed by atoms with van der Waals surface area (Å²) in [6.45, 7) is 2.81. The lowest BCUT2D eigenvalue weighted by molar-refractivity contribution is -0.124. The first-order valence-corrected chi connectivity index (χ1v) is 14.5. The SMILES string of the molecule is Cc1ccc(N=C2S/C(=C/c3cn(Cc4ccc(Cl)cc4)c4ccccc34)C(=O)N2C2CCCCC2)cc1. The molecule has 0 bridgehead atoms. The van der Waals surface area contributed by atoms with Gasteiger partial charge >= 0.3 is 0 Å². The molecular weight excluding hydrogens is 510 g/mol. The fraction of sp³-hybridized carbons (Fsp3) is 0.250. The van der Waals surface area contributed by atoms with E-state index in [1.165, 1.54) is 29.3 Å². The summed E-state index contributed by atoms with van der Waals surface area (Å²) in [7, 11) is 0. The number of amides is 1. The number of amidine groups is 1. The van der Waals surface area contributed by atoms with Crippen LogP contribution in [-0.4, -0.2) is 26.6 Å². The Morgan fingerprint density at radius 3 is 2.47 bits per heavy atom. The van der Waals surface area contributed by atoms with Crippen LogP contribution in [0.2, 0.25) is 5.02 Å². The number of thioether (sulfide) groups is 1. The quantitative estimate of drug-likeness (QED) is 0.238. The second-order valence-corrected chi connectivity index (χ2v) is 11.6. The van der Waals surface area contributed by atoms with Crippen molar-refractivity contribution in [2.45, 2.75) is 51.6 Å². The number of nitrogens with zero attached hydrogens (tertiary/aromatic N) is 3. The van der Waals surface area contributed by atoms with Gasteiger partial charge in [0.15, 0.2) is 5.17 Å². The largest absolute Gasteiger partial charge is 0.342 e. The third-order valence-corrected chi connectivity index (χ3v) is 8.64. The van der Waals surface area contributed by atoms with Crippen molar-refractivity contribution in [2.75, 3.05) is 0 Å². The lowest BCUT2D eigenvalue weighted by Crippen LogP contribution is -2.40. The second kappa shape index (κ2) is 10.8. The minimum Gasteiger partial charge on any atom is -0.342 e. The zero-order valence-corrected chi connectivity index (χ0v) is 23.0. The van der Waals surface area contributed by atoms with Crippen LogP contribution in [0.3, 0.4) is 0 Å². The van der Waals surface area contributed by atoms with Gasteiger partial charge in [-0.25, -0.2) is 4.99 Å². The summed E-state index contributed by atoms with van der Waals surface area (Å²) in [6, 6.07) is 24.7. The smallest absolute Gasteiger partial charge is 0.267 e. The Kier molecular flexibility index (Phi) is 7.14. The Labute approximate surface area is 233 Å². The Hall–Kier alpha value is -3.28. The zero-order valence-electron chi connectivity index (χ0n) is 21.4.